The van der Waals surface area contributed by atoms with Crippen LogP contribution in [-0.2, 0) is 16.8 Å². The van der Waals surface area contributed by atoms with Crippen molar-refractivity contribution in [1.29, 1.82) is 0 Å². The van der Waals surface area contributed by atoms with E-state index in [1.165, 1.54) is 5.56 Å². The van der Waals surface area contributed by atoms with E-state index in [1.807, 2.05) is 41.3 Å². The SMILES string of the molecule is CC(C)(C)C1=Nc2ccccc2[C@]12CC(=O)N(Cc1ccc(Cl)cc1)C2. The quantitative estimate of drug-likeness (QED) is 0.724. The smallest absolute Gasteiger partial charge is 0.224 e. The summed E-state index contributed by atoms with van der Waals surface area (Å²) in [4.78, 5) is 19.9. The van der Waals surface area contributed by atoms with Crippen LogP contribution < -0.4 is 0 Å². The van der Waals surface area contributed by atoms with Crippen molar-refractivity contribution in [2.75, 3.05) is 6.54 Å². The number of aliphatic imine (C=N–C) groups is 1. The Hall–Kier alpha value is -2.13. The highest BCUT2D eigenvalue weighted by Gasteiger charge is 2.54. The average molecular weight is 367 g/mol. The number of carbonyl (C=O) groups excluding carboxylic acids is 1. The average Bonchev–Trinajstić information content (AvgIpc) is 3.08. The Morgan fingerprint density at radius 3 is 2.50 bits per heavy atom. The second-order valence-electron chi connectivity index (χ2n) is 8.36. The van der Waals surface area contributed by atoms with Crippen molar-refractivity contribution in [3.8, 4) is 0 Å². The van der Waals surface area contributed by atoms with Crippen LogP contribution in [0.2, 0.25) is 5.02 Å². The number of carbonyl (C=O) groups is 1. The standard InChI is InChI=1S/C22H23ClN2O/c1-21(2,3)20-22(17-6-4-5-7-18(17)24-20)12-19(26)25(14-22)13-15-8-10-16(23)11-9-15/h4-11H,12-14H2,1-3H3/t22-/m1/s1. The van der Waals surface area contributed by atoms with Crippen molar-refractivity contribution in [3.63, 3.8) is 0 Å². The van der Waals surface area contributed by atoms with Gasteiger partial charge in [0.1, 0.15) is 0 Å². The topological polar surface area (TPSA) is 32.7 Å². The molecule has 3 nitrogen and oxygen atoms in total. The molecular weight excluding hydrogens is 344 g/mol. The third-order valence-corrected chi connectivity index (χ3v) is 5.62. The minimum atomic E-state index is -0.307. The van der Waals surface area contributed by atoms with Gasteiger partial charge in [0.2, 0.25) is 5.91 Å². The monoisotopic (exact) mass is 366 g/mol. The maximum Gasteiger partial charge on any atom is 0.224 e. The van der Waals surface area contributed by atoms with E-state index in [-0.39, 0.29) is 16.7 Å². The summed E-state index contributed by atoms with van der Waals surface area (Å²) in [5, 5.41) is 0.713. The molecule has 0 bridgehead atoms. The van der Waals surface area contributed by atoms with Crippen LogP contribution in [0.25, 0.3) is 0 Å². The number of fused-ring (bicyclic) bond motifs is 2. The summed E-state index contributed by atoms with van der Waals surface area (Å²) < 4.78 is 0. The molecule has 1 saturated heterocycles. The Bertz CT molecular complexity index is 895. The first kappa shape index (κ1) is 17.3. The highest BCUT2D eigenvalue weighted by molar-refractivity contribution is 6.30. The fraction of sp³-hybridized carbons (Fsp3) is 0.364. The number of rotatable bonds is 2. The van der Waals surface area contributed by atoms with Gasteiger partial charge < -0.3 is 4.90 Å². The van der Waals surface area contributed by atoms with Gasteiger partial charge in [-0.25, -0.2) is 0 Å². The molecule has 26 heavy (non-hydrogen) atoms. The molecule has 1 atom stereocenters. The molecular formula is C22H23ClN2O. The molecule has 0 radical (unpaired) electrons. The van der Waals surface area contributed by atoms with Gasteiger partial charge in [0.05, 0.1) is 11.1 Å². The van der Waals surface area contributed by atoms with E-state index in [0.717, 1.165) is 17.0 Å². The first-order valence-electron chi connectivity index (χ1n) is 9.01. The summed E-state index contributed by atoms with van der Waals surface area (Å²) in [5.41, 5.74) is 4.03. The van der Waals surface area contributed by atoms with Crippen molar-refractivity contribution >= 4 is 28.9 Å². The van der Waals surface area contributed by atoms with E-state index < -0.39 is 0 Å². The third-order valence-electron chi connectivity index (χ3n) is 5.37. The van der Waals surface area contributed by atoms with E-state index in [9.17, 15) is 4.79 Å². The first-order chi connectivity index (χ1) is 12.3. The van der Waals surface area contributed by atoms with E-state index in [2.05, 4.69) is 32.9 Å². The van der Waals surface area contributed by atoms with Gasteiger partial charge in [0, 0.05) is 35.7 Å². The summed E-state index contributed by atoms with van der Waals surface area (Å²) in [6.07, 6.45) is 0.494. The van der Waals surface area contributed by atoms with Gasteiger partial charge >= 0.3 is 0 Å². The maximum atomic E-state index is 12.9. The fourth-order valence-corrected chi connectivity index (χ4v) is 4.48. The van der Waals surface area contributed by atoms with E-state index >= 15 is 0 Å². The number of hydrogen-bond donors (Lipinski definition) is 0. The minimum absolute atomic E-state index is 0.0877. The van der Waals surface area contributed by atoms with Crippen LogP contribution in [0.3, 0.4) is 0 Å². The molecule has 1 fully saturated rings. The molecule has 2 heterocycles. The predicted octanol–water partition coefficient (Wildman–Crippen LogP) is 5.14. The number of hydrogen-bond acceptors (Lipinski definition) is 2. The van der Waals surface area contributed by atoms with Gasteiger partial charge in [-0.1, -0.05) is 62.7 Å². The Labute approximate surface area is 159 Å². The van der Waals surface area contributed by atoms with E-state index in [4.69, 9.17) is 16.6 Å². The minimum Gasteiger partial charge on any atom is -0.337 e. The molecule has 0 unspecified atom stereocenters. The molecule has 1 amide bonds. The molecule has 4 heteroatoms. The van der Waals surface area contributed by atoms with Crippen molar-refractivity contribution < 1.29 is 4.79 Å². The van der Waals surface area contributed by atoms with Crippen LogP contribution in [0.4, 0.5) is 5.69 Å². The van der Waals surface area contributed by atoms with Crippen molar-refractivity contribution in [2.24, 2.45) is 10.4 Å². The molecule has 2 aromatic carbocycles. The van der Waals surface area contributed by atoms with Crippen LogP contribution in [0.1, 0.15) is 38.3 Å². The van der Waals surface area contributed by atoms with E-state index in [0.29, 0.717) is 24.5 Å². The molecule has 2 aromatic rings. The van der Waals surface area contributed by atoms with Crippen molar-refractivity contribution in [3.05, 3.63) is 64.7 Å². The summed E-state index contributed by atoms with van der Waals surface area (Å²) in [6, 6.07) is 16.0. The highest BCUT2D eigenvalue weighted by Crippen LogP contribution is 2.50. The van der Waals surface area contributed by atoms with Crippen molar-refractivity contribution in [2.45, 2.75) is 39.2 Å². The second-order valence-corrected chi connectivity index (χ2v) is 8.80. The van der Waals surface area contributed by atoms with Gasteiger partial charge in [-0.05, 0) is 29.3 Å². The lowest BCUT2D eigenvalue weighted by Gasteiger charge is -2.34. The third kappa shape index (κ3) is 2.75. The van der Waals surface area contributed by atoms with Gasteiger partial charge in [-0.2, -0.15) is 0 Å². The lowest BCUT2D eigenvalue weighted by Crippen LogP contribution is -2.42. The molecule has 2 aliphatic rings. The number of halogens is 1. The van der Waals surface area contributed by atoms with Gasteiger partial charge in [-0.15, -0.1) is 0 Å². The first-order valence-corrected chi connectivity index (χ1v) is 9.39. The Morgan fingerprint density at radius 1 is 1.12 bits per heavy atom. The lowest BCUT2D eigenvalue weighted by atomic mass is 9.68. The molecule has 4 rings (SSSR count). The zero-order valence-corrected chi connectivity index (χ0v) is 16.2. The Balaban J connectivity index is 1.71. The summed E-state index contributed by atoms with van der Waals surface area (Å²) in [6.45, 7) is 7.85. The predicted molar refractivity (Wildman–Crippen MR) is 106 cm³/mol. The summed E-state index contributed by atoms with van der Waals surface area (Å²) in [5.74, 6) is 0.189. The van der Waals surface area contributed by atoms with Crippen molar-refractivity contribution in [1.82, 2.24) is 4.90 Å². The van der Waals surface area contributed by atoms with Gasteiger partial charge in [0.25, 0.3) is 0 Å². The van der Waals surface area contributed by atoms with Crippen LogP contribution in [-0.4, -0.2) is 23.1 Å². The molecule has 0 aromatic heterocycles. The number of para-hydroxylation sites is 1. The molecule has 1 spiro atoms. The molecule has 134 valence electrons. The zero-order valence-electron chi connectivity index (χ0n) is 15.4. The molecule has 0 saturated carbocycles. The number of benzene rings is 2. The molecule has 0 N–H and O–H groups in total. The van der Waals surface area contributed by atoms with E-state index in [1.54, 1.807) is 0 Å². The number of likely N-dealkylation sites (tertiary alicyclic amines) is 1. The molecule has 2 aliphatic heterocycles. The Kier molecular flexibility index (Phi) is 3.96. The zero-order chi connectivity index (χ0) is 18.5. The number of amides is 1. The van der Waals surface area contributed by atoms with Crippen LogP contribution in [0, 0.1) is 5.41 Å². The van der Waals surface area contributed by atoms with Gasteiger partial charge in [0.15, 0.2) is 0 Å². The van der Waals surface area contributed by atoms with Crippen LogP contribution in [0.5, 0.6) is 0 Å². The molecule has 0 aliphatic carbocycles. The van der Waals surface area contributed by atoms with Crippen LogP contribution >= 0.6 is 11.6 Å². The van der Waals surface area contributed by atoms with Gasteiger partial charge in [-0.3, -0.25) is 9.79 Å². The summed E-state index contributed by atoms with van der Waals surface area (Å²) in [7, 11) is 0. The number of nitrogens with zero attached hydrogens (tertiary/aromatic N) is 2. The normalized spacial score (nSPS) is 22.1. The maximum absolute atomic E-state index is 12.9. The highest BCUT2D eigenvalue weighted by atomic mass is 35.5. The lowest BCUT2D eigenvalue weighted by molar-refractivity contribution is -0.128. The second kappa shape index (κ2) is 5.95. The largest absolute Gasteiger partial charge is 0.337 e. The Morgan fingerprint density at radius 2 is 1.81 bits per heavy atom. The summed E-state index contributed by atoms with van der Waals surface area (Å²) >= 11 is 5.98. The fourth-order valence-electron chi connectivity index (χ4n) is 4.35. The van der Waals surface area contributed by atoms with Crippen LogP contribution in [0.15, 0.2) is 53.5 Å².